The molecule has 0 radical (unpaired) electrons. The molecule has 0 bridgehead atoms. The average Bonchev–Trinajstić information content (AvgIpc) is 2.36. The Labute approximate surface area is 120 Å². The molecule has 0 heterocycles. The number of nitro benzene ring substituents is 1. The van der Waals surface area contributed by atoms with Crippen LogP contribution in [-0.4, -0.2) is 24.6 Å². The first-order valence-electron chi connectivity index (χ1n) is 5.26. The Balaban J connectivity index is 3.31. The highest BCUT2D eigenvalue weighted by atomic mass is 79.9. The molecular weight excluding hydrogens is 344 g/mol. The number of methoxy groups -OCH3 is 1. The lowest BCUT2D eigenvalue weighted by Gasteiger charge is -2.10. The number of halogens is 3. The molecule has 0 spiro atoms. The molecule has 6 nitrogen and oxygen atoms in total. The lowest BCUT2D eigenvalue weighted by atomic mass is 10.1. The van der Waals surface area contributed by atoms with Crippen LogP contribution >= 0.6 is 15.9 Å². The molecule has 0 N–H and O–H groups in total. The molecule has 0 atom stereocenters. The molecule has 0 amide bonds. The maximum absolute atomic E-state index is 12.3. The number of hydrogen-bond donors (Lipinski definition) is 0. The molecule has 0 saturated carbocycles. The summed E-state index contributed by atoms with van der Waals surface area (Å²) < 4.78 is 33.2. The maximum Gasteiger partial charge on any atom is 0.387 e. The van der Waals surface area contributed by atoms with Gasteiger partial charge >= 0.3 is 18.3 Å². The minimum Gasteiger partial charge on any atom is -0.469 e. The van der Waals surface area contributed by atoms with Crippen LogP contribution < -0.4 is 4.74 Å². The van der Waals surface area contributed by atoms with Gasteiger partial charge in [-0.25, -0.2) is 0 Å². The molecule has 0 aliphatic heterocycles. The minimum atomic E-state index is -3.20. The third kappa shape index (κ3) is 4.12. The number of rotatable bonds is 6. The molecule has 1 aromatic carbocycles. The summed E-state index contributed by atoms with van der Waals surface area (Å²) in [5, 5.41) is 11.0. The van der Waals surface area contributed by atoms with Gasteiger partial charge in [-0.2, -0.15) is 8.78 Å². The van der Waals surface area contributed by atoms with E-state index < -0.39 is 28.9 Å². The van der Waals surface area contributed by atoms with Gasteiger partial charge in [-0.1, -0.05) is 15.9 Å². The predicted octanol–water partition coefficient (Wildman–Crippen LogP) is 2.81. The SMILES string of the molecule is COC(=O)Cc1cc(CBr)c([N+](=O)[O-])c(OC(F)F)c1. The van der Waals surface area contributed by atoms with E-state index in [4.69, 9.17) is 0 Å². The molecule has 1 aromatic rings. The van der Waals surface area contributed by atoms with Gasteiger partial charge in [-0.15, -0.1) is 0 Å². The number of benzene rings is 1. The first-order valence-corrected chi connectivity index (χ1v) is 6.39. The summed E-state index contributed by atoms with van der Waals surface area (Å²) in [6, 6.07) is 2.40. The molecule has 0 unspecified atom stereocenters. The third-order valence-electron chi connectivity index (χ3n) is 2.33. The summed E-state index contributed by atoms with van der Waals surface area (Å²) in [4.78, 5) is 21.3. The van der Waals surface area contributed by atoms with Crippen molar-refractivity contribution in [2.75, 3.05) is 7.11 Å². The van der Waals surface area contributed by atoms with Crippen molar-refractivity contribution in [1.29, 1.82) is 0 Å². The van der Waals surface area contributed by atoms with Gasteiger partial charge in [0.1, 0.15) is 0 Å². The topological polar surface area (TPSA) is 78.7 Å². The van der Waals surface area contributed by atoms with E-state index in [1.165, 1.54) is 13.2 Å². The van der Waals surface area contributed by atoms with E-state index in [1.54, 1.807) is 0 Å². The van der Waals surface area contributed by atoms with Crippen LogP contribution in [0, 0.1) is 10.1 Å². The molecule has 110 valence electrons. The molecule has 0 aliphatic carbocycles. The van der Waals surface area contributed by atoms with Crippen LogP contribution in [0.15, 0.2) is 12.1 Å². The zero-order chi connectivity index (χ0) is 15.3. The zero-order valence-corrected chi connectivity index (χ0v) is 11.9. The van der Waals surface area contributed by atoms with Crippen LogP contribution in [0.3, 0.4) is 0 Å². The second kappa shape index (κ2) is 7.13. The van der Waals surface area contributed by atoms with Crippen molar-refractivity contribution in [3.05, 3.63) is 33.4 Å². The molecule has 0 aliphatic rings. The highest BCUT2D eigenvalue weighted by Crippen LogP contribution is 2.35. The molecule has 20 heavy (non-hydrogen) atoms. The fraction of sp³-hybridized carbons (Fsp3) is 0.364. The van der Waals surface area contributed by atoms with Crippen LogP contribution in [0.4, 0.5) is 14.5 Å². The second-order valence-electron chi connectivity index (χ2n) is 3.62. The molecule has 0 fully saturated rings. The van der Waals surface area contributed by atoms with E-state index in [-0.39, 0.29) is 22.9 Å². The fourth-order valence-electron chi connectivity index (χ4n) is 1.56. The van der Waals surface area contributed by atoms with Crippen LogP contribution in [0.5, 0.6) is 5.75 Å². The molecule has 0 aromatic heterocycles. The minimum absolute atomic E-state index is 0.0535. The quantitative estimate of drug-likeness (QED) is 0.340. The van der Waals surface area contributed by atoms with Crippen molar-refractivity contribution in [2.24, 2.45) is 0 Å². The van der Waals surface area contributed by atoms with E-state index in [9.17, 15) is 23.7 Å². The third-order valence-corrected chi connectivity index (χ3v) is 2.94. The van der Waals surface area contributed by atoms with Crippen molar-refractivity contribution in [3.8, 4) is 5.75 Å². The van der Waals surface area contributed by atoms with Crippen molar-refractivity contribution in [2.45, 2.75) is 18.4 Å². The highest BCUT2D eigenvalue weighted by molar-refractivity contribution is 9.08. The van der Waals surface area contributed by atoms with Gasteiger partial charge in [0.25, 0.3) is 0 Å². The van der Waals surface area contributed by atoms with Crippen molar-refractivity contribution >= 4 is 27.6 Å². The number of alkyl halides is 3. The highest BCUT2D eigenvalue weighted by Gasteiger charge is 2.24. The number of nitrogens with zero attached hydrogens (tertiary/aromatic N) is 1. The van der Waals surface area contributed by atoms with Gasteiger partial charge in [0.15, 0.2) is 0 Å². The van der Waals surface area contributed by atoms with E-state index in [0.29, 0.717) is 0 Å². The van der Waals surface area contributed by atoms with Crippen molar-refractivity contribution < 1.29 is 28.0 Å². The van der Waals surface area contributed by atoms with Crippen LogP contribution in [0.1, 0.15) is 11.1 Å². The summed E-state index contributed by atoms with van der Waals surface area (Å²) in [5.41, 5.74) is -0.143. The summed E-state index contributed by atoms with van der Waals surface area (Å²) in [5.74, 6) is -1.18. The number of carbonyl (C=O) groups excluding carboxylic acids is 1. The smallest absolute Gasteiger partial charge is 0.387 e. The van der Waals surface area contributed by atoms with Gasteiger partial charge in [0.05, 0.1) is 18.5 Å². The fourth-order valence-corrected chi connectivity index (χ4v) is 1.99. The lowest BCUT2D eigenvalue weighted by Crippen LogP contribution is -2.09. The molecule has 9 heteroatoms. The van der Waals surface area contributed by atoms with E-state index >= 15 is 0 Å². The van der Waals surface area contributed by atoms with E-state index in [2.05, 4.69) is 25.4 Å². The normalized spacial score (nSPS) is 10.4. The number of nitro groups is 1. The van der Waals surface area contributed by atoms with E-state index in [1.807, 2.05) is 0 Å². The van der Waals surface area contributed by atoms with Crippen molar-refractivity contribution in [3.63, 3.8) is 0 Å². The zero-order valence-electron chi connectivity index (χ0n) is 10.3. The lowest BCUT2D eigenvalue weighted by molar-refractivity contribution is -0.387. The second-order valence-corrected chi connectivity index (χ2v) is 4.18. The van der Waals surface area contributed by atoms with E-state index in [0.717, 1.165) is 6.07 Å². The summed E-state index contributed by atoms with van der Waals surface area (Å²) in [6.45, 7) is -3.20. The standard InChI is InChI=1S/C11H10BrF2NO5/c1-19-9(16)4-6-2-7(5-12)10(15(17)18)8(3-6)20-11(13)14/h2-3,11H,4-5H2,1H3. The summed E-state index contributed by atoms with van der Waals surface area (Å²) in [7, 11) is 1.18. The Kier molecular flexibility index (Phi) is 5.81. The average molecular weight is 354 g/mol. The number of hydrogen-bond acceptors (Lipinski definition) is 5. The molecule has 1 rings (SSSR count). The number of ether oxygens (including phenoxy) is 2. The predicted molar refractivity (Wildman–Crippen MR) is 68.1 cm³/mol. The Morgan fingerprint density at radius 2 is 2.15 bits per heavy atom. The Hall–Kier alpha value is -1.77. The van der Waals surface area contributed by atoms with Gasteiger partial charge in [0, 0.05) is 10.9 Å². The number of esters is 1. The number of carbonyl (C=O) groups is 1. The summed E-state index contributed by atoms with van der Waals surface area (Å²) >= 11 is 3.03. The molecule has 0 saturated heterocycles. The Morgan fingerprint density at radius 3 is 2.60 bits per heavy atom. The van der Waals surface area contributed by atoms with Gasteiger partial charge in [-0.05, 0) is 17.7 Å². The first-order chi connectivity index (χ1) is 9.38. The summed E-state index contributed by atoms with van der Waals surface area (Å²) in [6.07, 6.45) is -0.200. The van der Waals surface area contributed by atoms with Gasteiger partial charge in [0.2, 0.25) is 5.75 Å². The Morgan fingerprint density at radius 1 is 1.50 bits per heavy atom. The maximum atomic E-state index is 12.3. The van der Waals surface area contributed by atoms with Crippen LogP contribution in [-0.2, 0) is 21.3 Å². The Bertz CT molecular complexity index is 524. The van der Waals surface area contributed by atoms with Crippen LogP contribution in [0.2, 0.25) is 0 Å². The van der Waals surface area contributed by atoms with Crippen LogP contribution in [0.25, 0.3) is 0 Å². The van der Waals surface area contributed by atoms with Gasteiger partial charge in [-0.3, -0.25) is 14.9 Å². The van der Waals surface area contributed by atoms with Gasteiger partial charge < -0.3 is 9.47 Å². The molecular formula is C11H10BrF2NO5. The monoisotopic (exact) mass is 353 g/mol. The first kappa shape index (κ1) is 16.3. The largest absolute Gasteiger partial charge is 0.469 e. The van der Waals surface area contributed by atoms with Crippen molar-refractivity contribution in [1.82, 2.24) is 0 Å².